The lowest BCUT2D eigenvalue weighted by Crippen LogP contribution is -2.24. The van der Waals surface area contributed by atoms with Crippen molar-refractivity contribution in [2.24, 2.45) is 0 Å². The number of carbonyl (C=O) groups excluding carboxylic acids is 1. The Balaban J connectivity index is 1.98. The average molecular weight is 297 g/mol. The summed E-state index contributed by atoms with van der Waals surface area (Å²) < 4.78 is 0. The van der Waals surface area contributed by atoms with Gasteiger partial charge < -0.3 is 10.6 Å². The molecule has 0 spiro atoms. The van der Waals surface area contributed by atoms with Gasteiger partial charge in [0.25, 0.3) is 5.69 Å². The molecule has 0 atom stereocenters. The van der Waals surface area contributed by atoms with Crippen molar-refractivity contribution >= 4 is 23.5 Å². The molecule has 0 aliphatic heterocycles. The summed E-state index contributed by atoms with van der Waals surface area (Å²) in [6.07, 6.45) is 3.23. The summed E-state index contributed by atoms with van der Waals surface area (Å²) in [5.74, 6) is 0. The van der Waals surface area contributed by atoms with Gasteiger partial charge in [0, 0.05) is 12.3 Å². The zero-order valence-corrected chi connectivity index (χ0v) is 11.9. The molecule has 0 aliphatic carbocycles. The number of nitro groups is 1. The first kappa shape index (κ1) is 15.2. The minimum atomic E-state index is -0.543. The topological polar surface area (TPSA) is 84.3 Å². The van der Waals surface area contributed by atoms with Gasteiger partial charge in [0.2, 0.25) is 0 Å². The van der Waals surface area contributed by atoms with E-state index in [0.717, 1.165) is 11.1 Å². The fourth-order valence-corrected chi connectivity index (χ4v) is 1.88. The number of rotatable bonds is 4. The Bertz CT molecular complexity index is 726. The highest BCUT2D eigenvalue weighted by molar-refractivity contribution is 5.92. The van der Waals surface area contributed by atoms with Crippen LogP contribution in [0.5, 0.6) is 0 Å². The fraction of sp³-hybridized carbons (Fsp3) is 0.0625. The molecular formula is C16H15N3O3. The molecule has 22 heavy (non-hydrogen) atoms. The first-order chi connectivity index (χ1) is 10.6. The predicted octanol–water partition coefficient (Wildman–Crippen LogP) is 3.70. The Morgan fingerprint density at radius 3 is 2.68 bits per heavy atom. The van der Waals surface area contributed by atoms with Crippen molar-refractivity contribution in [3.05, 3.63) is 76.0 Å². The monoisotopic (exact) mass is 297 g/mol. The van der Waals surface area contributed by atoms with Gasteiger partial charge in [-0.25, -0.2) is 4.79 Å². The van der Waals surface area contributed by atoms with E-state index >= 15 is 0 Å². The van der Waals surface area contributed by atoms with Crippen LogP contribution in [0.4, 0.5) is 16.2 Å². The van der Waals surface area contributed by atoms with Gasteiger partial charge in [0.05, 0.1) is 4.92 Å². The third-order valence-corrected chi connectivity index (χ3v) is 2.88. The molecule has 2 N–H and O–H groups in total. The number of urea groups is 1. The summed E-state index contributed by atoms with van der Waals surface area (Å²) in [5, 5.41) is 15.8. The number of hydrogen-bond donors (Lipinski definition) is 2. The lowest BCUT2D eigenvalue weighted by Gasteiger charge is -2.05. The summed E-state index contributed by atoms with van der Waals surface area (Å²) >= 11 is 0. The van der Waals surface area contributed by atoms with Gasteiger partial charge in [-0.1, -0.05) is 42.0 Å². The number of nitro benzene ring substituents is 1. The number of nitrogens with zero attached hydrogens (tertiary/aromatic N) is 1. The number of hydrogen-bond acceptors (Lipinski definition) is 3. The number of carbonyl (C=O) groups is 1. The molecule has 6 nitrogen and oxygen atoms in total. The quantitative estimate of drug-likeness (QED) is 0.666. The Morgan fingerprint density at radius 1 is 1.18 bits per heavy atom. The smallest absolute Gasteiger partial charge is 0.314 e. The van der Waals surface area contributed by atoms with Crippen LogP contribution in [0.2, 0.25) is 0 Å². The van der Waals surface area contributed by atoms with Gasteiger partial charge in [-0.2, -0.15) is 0 Å². The van der Waals surface area contributed by atoms with E-state index in [2.05, 4.69) is 10.6 Å². The van der Waals surface area contributed by atoms with Crippen LogP contribution in [-0.4, -0.2) is 11.0 Å². The van der Waals surface area contributed by atoms with Crippen molar-refractivity contribution in [1.29, 1.82) is 0 Å². The summed E-state index contributed by atoms with van der Waals surface area (Å²) in [6, 6.07) is 13.2. The van der Waals surface area contributed by atoms with E-state index in [1.54, 1.807) is 18.2 Å². The van der Waals surface area contributed by atoms with E-state index in [9.17, 15) is 14.9 Å². The number of aryl methyl sites for hydroxylation is 1. The molecule has 2 rings (SSSR count). The maximum atomic E-state index is 11.7. The standard InChI is InChI=1S/C16H15N3O3/c1-12-5-4-6-13(11-12)9-10-17-16(20)18-14-7-2-3-8-15(14)19(21)22/h2-11H,1H3,(H2,17,18,20)/b10-9+. The van der Waals surface area contributed by atoms with Crippen LogP contribution in [0.25, 0.3) is 6.08 Å². The highest BCUT2D eigenvalue weighted by atomic mass is 16.6. The van der Waals surface area contributed by atoms with Crippen molar-refractivity contribution < 1.29 is 9.72 Å². The number of nitrogens with one attached hydrogen (secondary N) is 2. The number of para-hydroxylation sites is 2. The summed E-state index contributed by atoms with van der Waals surface area (Å²) in [7, 11) is 0. The zero-order valence-electron chi connectivity index (χ0n) is 11.9. The van der Waals surface area contributed by atoms with Gasteiger partial charge in [0.1, 0.15) is 5.69 Å². The van der Waals surface area contributed by atoms with Crippen molar-refractivity contribution in [1.82, 2.24) is 5.32 Å². The highest BCUT2D eigenvalue weighted by Gasteiger charge is 2.13. The second kappa shape index (κ2) is 7.03. The lowest BCUT2D eigenvalue weighted by molar-refractivity contribution is -0.383. The maximum Gasteiger partial charge on any atom is 0.323 e. The van der Waals surface area contributed by atoms with Crippen LogP contribution >= 0.6 is 0 Å². The lowest BCUT2D eigenvalue weighted by atomic mass is 10.1. The zero-order chi connectivity index (χ0) is 15.9. The van der Waals surface area contributed by atoms with Crippen LogP contribution < -0.4 is 10.6 Å². The Hall–Kier alpha value is -3.15. The summed E-state index contributed by atoms with van der Waals surface area (Å²) in [5.41, 5.74) is 2.06. The largest absolute Gasteiger partial charge is 0.323 e. The molecule has 0 radical (unpaired) electrons. The van der Waals surface area contributed by atoms with Gasteiger partial charge in [-0.15, -0.1) is 0 Å². The number of anilines is 1. The van der Waals surface area contributed by atoms with E-state index in [1.165, 1.54) is 18.3 Å². The van der Waals surface area contributed by atoms with Crippen molar-refractivity contribution in [3.63, 3.8) is 0 Å². The first-order valence-corrected chi connectivity index (χ1v) is 6.60. The normalized spacial score (nSPS) is 10.4. The molecule has 6 heteroatoms. The fourth-order valence-electron chi connectivity index (χ4n) is 1.88. The Labute approximate surface area is 127 Å². The molecule has 0 aromatic heterocycles. The minimum absolute atomic E-state index is 0.147. The van der Waals surface area contributed by atoms with E-state index < -0.39 is 11.0 Å². The van der Waals surface area contributed by atoms with Crippen LogP contribution in [0, 0.1) is 17.0 Å². The average Bonchev–Trinajstić information content (AvgIpc) is 2.47. The Morgan fingerprint density at radius 2 is 1.95 bits per heavy atom. The number of amides is 2. The Kier molecular flexibility index (Phi) is 4.87. The first-order valence-electron chi connectivity index (χ1n) is 6.60. The van der Waals surface area contributed by atoms with Crippen LogP contribution in [-0.2, 0) is 0 Å². The molecule has 2 amide bonds. The maximum absolute atomic E-state index is 11.7. The summed E-state index contributed by atoms with van der Waals surface area (Å²) in [6.45, 7) is 1.98. The van der Waals surface area contributed by atoms with Crippen LogP contribution in [0.3, 0.4) is 0 Å². The third kappa shape index (κ3) is 4.17. The van der Waals surface area contributed by atoms with E-state index in [-0.39, 0.29) is 11.4 Å². The van der Waals surface area contributed by atoms with Crippen molar-refractivity contribution in [2.75, 3.05) is 5.32 Å². The van der Waals surface area contributed by atoms with E-state index in [4.69, 9.17) is 0 Å². The molecule has 0 bridgehead atoms. The molecule has 0 aliphatic rings. The molecule has 0 saturated heterocycles. The second-order valence-corrected chi connectivity index (χ2v) is 4.62. The van der Waals surface area contributed by atoms with Crippen LogP contribution in [0.1, 0.15) is 11.1 Å². The number of benzene rings is 2. The molecule has 2 aromatic carbocycles. The van der Waals surface area contributed by atoms with Crippen molar-refractivity contribution in [2.45, 2.75) is 6.92 Å². The van der Waals surface area contributed by atoms with Gasteiger partial charge in [-0.05, 0) is 24.6 Å². The van der Waals surface area contributed by atoms with Crippen LogP contribution in [0.15, 0.2) is 54.7 Å². The van der Waals surface area contributed by atoms with E-state index in [0.29, 0.717) is 0 Å². The SMILES string of the molecule is Cc1cccc(/C=C/NC(=O)Nc2ccccc2[N+](=O)[O-])c1. The minimum Gasteiger partial charge on any atom is -0.314 e. The molecule has 0 heterocycles. The molecule has 0 saturated carbocycles. The van der Waals surface area contributed by atoms with E-state index in [1.807, 2.05) is 31.2 Å². The molecule has 112 valence electrons. The molecular weight excluding hydrogens is 282 g/mol. The van der Waals surface area contributed by atoms with Gasteiger partial charge in [-0.3, -0.25) is 10.1 Å². The highest BCUT2D eigenvalue weighted by Crippen LogP contribution is 2.22. The van der Waals surface area contributed by atoms with Gasteiger partial charge in [0.15, 0.2) is 0 Å². The molecule has 0 fully saturated rings. The molecule has 0 unspecified atom stereocenters. The predicted molar refractivity (Wildman–Crippen MR) is 85.5 cm³/mol. The summed E-state index contributed by atoms with van der Waals surface area (Å²) in [4.78, 5) is 22.1. The molecule has 2 aromatic rings. The second-order valence-electron chi connectivity index (χ2n) is 4.62. The third-order valence-electron chi connectivity index (χ3n) is 2.88. The van der Waals surface area contributed by atoms with Gasteiger partial charge >= 0.3 is 6.03 Å². The van der Waals surface area contributed by atoms with Crippen molar-refractivity contribution in [3.8, 4) is 0 Å².